The third-order valence-corrected chi connectivity index (χ3v) is 2.05. The summed E-state index contributed by atoms with van der Waals surface area (Å²) in [5.74, 6) is -0.245. The van der Waals surface area contributed by atoms with Gasteiger partial charge in [-0.1, -0.05) is 12.1 Å². The summed E-state index contributed by atoms with van der Waals surface area (Å²) in [5.41, 5.74) is 2.53. The lowest BCUT2D eigenvalue weighted by Gasteiger charge is -2.03. The van der Waals surface area contributed by atoms with E-state index in [2.05, 4.69) is 9.97 Å². The van der Waals surface area contributed by atoms with Gasteiger partial charge in [0.2, 0.25) is 0 Å². The molecule has 14 heavy (non-hydrogen) atoms. The first-order valence-electron chi connectivity index (χ1n) is 4.30. The molecule has 0 amide bonds. The van der Waals surface area contributed by atoms with Crippen LogP contribution in [0.25, 0.3) is 11.1 Å². The second kappa shape index (κ2) is 3.54. The average molecular weight is 188 g/mol. The molecule has 0 spiro atoms. The van der Waals surface area contributed by atoms with Crippen molar-refractivity contribution in [1.82, 2.24) is 9.97 Å². The van der Waals surface area contributed by atoms with Crippen LogP contribution in [0, 0.1) is 12.7 Å². The van der Waals surface area contributed by atoms with Crippen LogP contribution >= 0.6 is 0 Å². The van der Waals surface area contributed by atoms with Gasteiger partial charge in [-0.3, -0.25) is 0 Å². The van der Waals surface area contributed by atoms with Crippen molar-refractivity contribution in [3.63, 3.8) is 0 Å². The van der Waals surface area contributed by atoms with E-state index in [0.717, 1.165) is 16.8 Å². The van der Waals surface area contributed by atoms with Crippen LogP contribution in [0.1, 0.15) is 5.69 Å². The average Bonchev–Trinajstić information content (AvgIpc) is 2.18. The fourth-order valence-electron chi connectivity index (χ4n) is 1.33. The van der Waals surface area contributed by atoms with Crippen LogP contribution in [0.3, 0.4) is 0 Å². The zero-order valence-electron chi connectivity index (χ0n) is 7.74. The van der Waals surface area contributed by atoms with Gasteiger partial charge >= 0.3 is 0 Å². The Hall–Kier alpha value is -1.77. The van der Waals surface area contributed by atoms with Crippen molar-refractivity contribution in [1.29, 1.82) is 0 Å². The highest BCUT2D eigenvalue weighted by molar-refractivity contribution is 5.64. The Labute approximate surface area is 81.5 Å². The summed E-state index contributed by atoms with van der Waals surface area (Å²) in [7, 11) is 0. The first kappa shape index (κ1) is 8.81. The van der Waals surface area contributed by atoms with Crippen LogP contribution in [0.4, 0.5) is 4.39 Å². The van der Waals surface area contributed by atoms with E-state index in [1.54, 1.807) is 12.3 Å². The summed E-state index contributed by atoms with van der Waals surface area (Å²) in [6, 6.07) is 6.42. The molecule has 0 atom stereocenters. The number of hydrogen-bond acceptors (Lipinski definition) is 2. The fourth-order valence-corrected chi connectivity index (χ4v) is 1.33. The summed E-state index contributed by atoms with van der Waals surface area (Å²) < 4.78 is 12.9. The molecule has 1 aromatic heterocycles. The first-order valence-corrected chi connectivity index (χ1v) is 4.30. The molecule has 0 unspecified atom stereocenters. The molecule has 0 aliphatic carbocycles. The summed E-state index contributed by atoms with van der Waals surface area (Å²) in [6.07, 6.45) is 3.18. The Kier molecular flexibility index (Phi) is 2.23. The van der Waals surface area contributed by atoms with Gasteiger partial charge in [0.15, 0.2) is 0 Å². The van der Waals surface area contributed by atoms with E-state index >= 15 is 0 Å². The van der Waals surface area contributed by atoms with Gasteiger partial charge in [0.25, 0.3) is 0 Å². The van der Waals surface area contributed by atoms with Gasteiger partial charge in [-0.15, -0.1) is 0 Å². The minimum Gasteiger partial charge on any atom is -0.244 e. The molecule has 0 N–H and O–H groups in total. The van der Waals surface area contributed by atoms with E-state index in [1.165, 1.54) is 18.5 Å². The van der Waals surface area contributed by atoms with Crippen LogP contribution in [0.2, 0.25) is 0 Å². The van der Waals surface area contributed by atoms with Gasteiger partial charge in [-0.05, 0) is 24.6 Å². The maximum Gasteiger partial charge on any atom is 0.123 e. The van der Waals surface area contributed by atoms with E-state index < -0.39 is 0 Å². The van der Waals surface area contributed by atoms with Crippen molar-refractivity contribution < 1.29 is 4.39 Å². The van der Waals surface area contributed by atoms with Gasteiger partial charge in [-0.25, -0.2) is 14.4 Å². The van der Waals surface area contributed by atoms with Crippen molar-refractivity contribution in [3.8, 4) is 11.1 Å². The van der Waals surface area contributed by atoms with Gasteiger partial charge < -0.3 is 0 Å². The molecule has 0 saturated carbocycles. The number of aromatic nitrogens is 2. The molecule has 3 heteroatoms. The normalized spacial score (nSPS) is 10.1. The Balaban J connectivity index is 2.55. The van der Waals surface area contributed by atoms with E-state index in [9.17, 15) is 4.39 Å². The van der Waals surface area contributed by atoms with Gasteiger partial charge in [0.05, 0.1) is 0 Å². The predicted octanol–water partition coefficient (Wildman–Crippen LogP) is 2.59. The third-order valence-electron chi connectivity index (χ3n) is 2.05. The van der Waals surface area contributed by atoms with Crippen LogP contribution in [-0.2, 0) is 0 Å². The van der Waals surface area contributed by atoms with Crippen molar-refractivity contribution in [3.05, 3.63) is 48.3 Å². The zero-order valence-corrected chi connectivity index (χ0v) is 7.74. The highest BCUT2D eigenvalue weighted by atomic mass is 19.1. The molecule has 0 bridgehead atoms. The van der Waals surface area contributed by atoms with Crippen LogP contribution < -0.4 is 0 Å². The van der Waals surface area contributed by atoms with Crippen molar-refractivity contribution >= 4 is 0 Å². The lowest BCUT2D eigenvalue weighted by atomic mass is 10.1. The first-order chi connectivity index (χ1) is 6.77. The van der Waals surface area contributed by atoms with E-state index in [-0.39, 0.29) is 5.82 Å². The third kappa shape index (κ3) is 1.62. The van der Waals surface area contributed by atoms with Gasteiger partial charge in [0.1, 0.15) is 12.1 Å². The quantitative estimate of drug-likeness (QED) is 0.687. The largest absolute Gasteiger partial charge is 0.244 e. The van der Waals surface area contributed by atoms with Crippen LogP contribution in [0.15, 0.2) is 36.8 Å². The van der Waals surface area contributed by atoms with Gasteiger partial charge in [-0.2, -0.15) is 0 Å². The van der Waals surface area contributed by atoms with E-state index in [0.29, 0.717) is 0 Å². The molecule has 0 aliphatic rings. The molecule has 0 fully saturated rings. The summed E-state index contributed by atoms with van der Waals surface area (Å²) >= 11 is 0. The molecule has 0 aliphatic heterocycles. The minimum absolute atomic E-state index is 0.245. The lowest BCUT2D eigenvalue weighted by Crippen LogP contribution is -1.89. The number of rotatable bonds is 1. The minimum atomic E-state index is -0.245. The number of benzene rings is 1. The van der Waals surface area contributed by atoms with Gasteiger partial charge in [0, 0.05) is 17.5 Å². The molecule has 1 heterocycles. The molecule has 2 nitrogen and oxygen atoms in total. The molecule has 0 saturated heterocycles. The topological polar surface area (TPSA) is 25.8 Å². The number of hydrogen-bond donors (Lipinski definition) is 0. The second-order valence-electron chi connectivity index (χ2n) is 3.03. The number of halogens is 1. The summed E-state index contributed by atoms with van der Waals surface area (Å²) in [6.45, 7) is 1.88. The zero-order chi connectivity index (χ0) is 9.97. The second-order valence-corrected chi connectivity index (χ2v) is 3.03. The highest BCUT2D eigenvalue weighted by Gasteiger charge is 2.02. The maximum atomic E-state index is 12.9. The Bertz CT molecular complexity index is 455. The van der Waals surface area contributed by atoms with Crippen LogP contribution in [0.5, 0.6) is 0 Å². The highest BCUT2D eigenvalue weighted by Crippen LogP contribution is 2.20. The molecule has 2 rings (SSSR count). The van der Waals surface area contributed by atoms with Crippen molar-refractivity contribution in [2.45, 2.75) is 6.92 Å². The summed E-state index contributed by atoms with van der Waals surface area (Å²) in [4.78, 5) is 7.97. The predicted molar refractivity (Wildman–Crippen MR) is 52.2 cm³/mol. The van der Waals surface area contributed by atoms with Crippen molar-refractivity contribution in [2.75, 3.05) is 0 Å². The lowest BCUT2D eigenvalue weighted by molar-refractivity contribution is 0.628. The number of nitrogens with zero attached hydrogens (tertiary/aromatic N) is 2. The molecule has 0 radical (unpaired) electrons. The molecular formula is C11H9FN2. The molecular weight excluding hydrogens is 179 g/mol. The Morgan fingerprint density at radius 2 is 2.14 bits per heavy atom. The number of aryl methyl sites for hydroxylation is 1. The molecule has 70 valence electrons. The smallest absolute Gasteiger partial charge is 0.123 e. The monoisotopic (exact) mass is 188 g/mol. The Morgan fingerprint density at radius 1 is 1.29 bits per heavy atom. The standard InChI is InChI=1S/C11H9FN2/c1-8-11(6-13-7-14-8)9-3-2-4-10(12)5-9/h2-7H,1H3. The van der Waals surface area contributed by atoms with E-state index in [4.69, 9.17) is 0 Å². The Morgan fingerprint density at radius 3 is 2.86 bits per heavy atom. The molecule has 2 aromatic rings. The summed E-state index contributed by atoms with van der Waals surface area (Å²) in [5, 5.41) is 0. The molecule has 1 aromatic carbocycles. The van der Waals surface area contributed by atoms with E-state index in [1.807, 2.05) is 13.0 Å². The van der Waals surface area contributed by atoms with Crippen molar-refractivity contribution in [2.24, 2.45) is 0 Å². The SMILES string of the molecule is Cc1ncncc1-c1cccc(F)c1. The fraction of sp³-hybridized carbons (Fsp3) is 0.0909. The maximum absolute atomic E-state index is 12.9. The van der Waals surface area contributed by atoms with Crippen LogP contribution in [-0.4, -0.2) is 9.97 Å².